The number of fused-ring (bicyclic) bond motifs is 14. The zero-order valence-corrected chi connectivity index (χ0v) is 35.9. The SMILES string of the molecule is COC1/C=C/OC2(C)Oc3c(C)c(O)c4c(O)c(c(/C=N\N5CCS(=O)(=O)CC5)c(O)c4c3C2=O)NC(=O)/C(C)=C/C=C/C(C)C(O)C(C)C(O)C(C)C(OC(C)=O)C1C. The van der Waals surface area contributed by atoms with Crippen LogP contribution in [-0.4, -0.2) is 125 Å². The fourth-order valence-corrected chi connectivity index (χ4v) is 9.01. The van der Waals surface area contributed by atoms with Crippen molar-refractivity contribution in [3.8, 4) is 23.0 Å². The first-order chi connectivity index (χ1) is 28.0. The highest BCUT2D eigenvalue weighted by atomic mass is 32.2. The molecular formula is C42H55N3O14S. The van der Waals surface area contributed by atoms with Crippen molar-refractivity contribution in [3.63, 3.8) is 0 Å². The largest absolute Gasteiger partial charge is 0.507 e. The van der Waals surface area contributed by atoms with Crippen LogP contribution in [0.3, 0.4) is 0 Å². The molecule has 18 heteroatoms. The van der Waals surface area contributed by atoms with E-state index in [9.17, 15) is 48.3 Å². The third kappa shape index (κ3) is 8.96. The van der Waals surface area contributed by atoms with E-state index in [2.05, 4.69) is 10.4 Å². The van der Waals surface area contributed by atoms with Crippen molar-refractivity contribution in [2.45, 2.75) is 85.6 Å². The predicted octanol–water partition coefficient (Wildman–Crippen LogP) is 3.82. The fourth-order valence-electron chi connectivity index (χ4n) is 7.83. The summed E-state index contributed by atoms with van der Waals surface area (Å²) in [5, 5.41) is 65.9. The topological polar surface area (TPSA) is 251 Å². The zero-order chi connectivity index (χ0) is 44.6. The smallest absolute Gasteiger partial charge is 0.312 e. The number of phenols is 3. The first kappa shape index (κ1) is 45.9. The summed E-state index contributed by atoms with van der Waals surface area (Å²) in [4.78, 5) is 40.4. The lowest BCUT2D eigenvalue weighted by Gasteiger charge is -2.38. The highest BCUT2D eigenvalue weighted by molar-refractivity contribution is 7.91. The number of rotatable bonds is 4. The minimum atomic E-state index is -3.28. The van der Waals surface area contributed by atoms with Crippen LogP contribution in [0.15, 0.2) is 41.2 Å². The van der Waals surface area contributed by atoms with Gasteiger partial charge in [-0.15, -0.1) is 0 Å². The average Bonchev–Trinajstić information content (AvgIpc) is 3.46. The Labute approximate surface area is 348 Å². The van der Waals surface area contributed by atoms with Crippen LogP contribution in [0.1, 0.15) is 70.0 Å². The number of sulfone groups is 1. The van der Waals surface area contributed by atoms with Crippen LogP contribution in [0, 0.1) is 30.6 Å². The van der Waals surface area contributed by atoms with E-state index in [1.165, 1.54) is 58.0 Å². The number of hydrogen-bond acceptors (Lipinski definition) is 16. The Morgan fingerprint density at radius 3 is 2.23 bits per heavy atom. The van der Waals surface area contributed by atoms with Gasteiger partial charge >= 0.3 is 11.8 Å². The molecule has 2 aromatic carbocycles. The van der Waals surface area contributed by atoms with Crippen LogP contribution < -0.4 is 10.1 Å². The third-order valence-electron chi connectivity index (χ3n) is 11.7. The van der Waals surface area contributed by atoms with Crippen LogP contribution in [0.4, 0.5) is 5.69 Å². The Morgan fingerprint density at radius 2 is 1.62 bits per heavy atom. The van der Waals surface area contributed by atoms with Gasteiger partial charge in [0.1, 0.15) is 23.4 Å². The van der Waals surface area contributed by atoms with Gasteiger partial charge in [0.05, 0.1) is 77.6 Å². The molecule has 2 aromatic rings. The second-order valence-electron chi connectivity index (χ2n) is 16.0. The van der Waals surface area contributed by atoms with Crippen LogP contribution in [-0.2, 0) is 33.6 Å². The number of amides is 1. The maximum atomic E-state index is 14.4. The van der Waals surface area contributed by atoms with Crippen molar-refractivity contribution >= 4 is 50.2 Å². The first-order valence-electron chi connectivity index (χ1n) is 19.6. The molecule has 0 spiro atoms. The molecule has 9 unspecified atom stereocenters. The average molecular weight is 858 g/mol. The number of hydrogen-bond donors (Lipinski definition) is 6. The second-order valence-corrected chi connectivity index (χ2v) is 18.3. The molecule has 6 rings (SSSR count). The number of phenolic OH excluding ortho intramolecular Hbond substituents is 3. The lowest BCUT2D eigenvalue weighted by molar-refractivity contribution is -0.160. The molecular weight excluding hydrogens is 803 g/mol. The standard InChI is InChI=1S/C42H55N3O14S/c1-20-11-10-12-21(2)41(53)44-32-27(19-43-45-14-17-60(54,55)18-15-45)36(50)29-30(37(32)51)35(49)25(6)39-31(29)40(52)42(8,59-39)57-16-13-28(56-9)22(3)38(58-26(7)46)24(5)34(48)23(4)33(20)47/h10-13,16,19-20,22-24,28,33-34,38,47-51H,14-15,17-18H2,1-9H3,(H,44,53)/b11-10+,16-13+,21-12+,43-19-. The number of methoxy groups -OCH3 is 1. The fraction of sp³-hybridized carbons (Fsp3) is 0.524. The minimum absolute atomic E-state index is 0.00232. The Kier molecular flexibility index (Phi) is 13.6. The van der Waals surface area contributed by atoms with Gasteiger partial charge in [-0.2, -0.15) is 5.10 Å². The van der Waals surface area contributed by atoms with Crippen molar-refractivity contribution in [2.75, 3.05) is 37.0 Å². The predicted molar refractivity (Wildman–Crippen MR) is 222 cm³/mol. The number of aliphatic hydroxyl groups is 2. The molecule has 60 heavy (non-hydrogen) atoms. The molecule has 6 N–H and O–H groups in total. The highest BCUT2D eigenvalue weighted by Crippen LogP contribution is 2.55. The lowest BCUT2D eigenvalue weighted by atomic mass is 9.78. The van der Waals surface area contributed by atoms with Crippen molar-refractivity contribution < 1.29 is 67.3 Å². The van der Waals surface area contributed by atoms with E-state index in [1.807, 2.05) is 0 Å². The molecule has 9 atom stereocenters. The van der Waals surface area contributed by atoms with Gasteiger partial charge in [-0.25, -0.2) is 8.42 Å². The summed E-state index contributed by atoms with van der Waals surface area (Å²) in [6.45, 7) is 12.3. The molecule has 1 fully saturated rings. The van der Waals surface area contributed by atoms with Gasteiger partial charge in [-0.05, 0) is 19.9 Å². The number of aromatic hydroxyl groups is 3. The molecule has 1 saturated heterocycles. The van der Waals surface area contributed by atoms with Crippen LogP contribution in [0.25, 0.3) is 10.8 Å². The van der Waals surface area contributed by atoms with E-state index in [1.54, 1.807) is 33.8 Å². The Hall–Kier alpha value is -5.17. The van der Waals surface area contributed by atoms with Crippen molar-refractivity contribution in [3.05, 3.63) is 52.8 Å². The molecule has 4 heterocycles. The molecule has 0 aliphatic carbocycles. The number of anilines is 1. The molecule has 1 amide bonds. The lowest BCUT2D eigenvalue weighted by Crippen LogP contribution is -2.46. The van der Waals surface area contributed by atoms with Gasteiger partial charge in [-0.3, -0.25) is 19.4 Å². The van der Waals surface area contributed by atoms with Crippen molar-refractivity contribution in [1.82, 2.24) is 5.01 Å². The zero-order valence-electron chi connectivity index (χ0n) is 35.1. The van der Waals surface area contributed by atoms with Crippen LogP contribution >= 0.6 is 0 Å². The van der Waals surface area contributed by atoms with Crippen LogP contribution in [0.2, 0.25) is 0 Å². The molecule has 4 aliphatic heterocycles. The third-order valence-corrected chi connectivity index (χ3v) is 13.3. The monoisotopic (exact) mass is 857 g/mol. The molecule has 328 valence electrons. The number of nitrogens with one attached hydrogen (secondary N) is 1. The van der Waals surface area contributed by atoms with Gasteiger partial charge in [0.15, 0.2) is 15.6 Å². The highest BCUT2D eigenvalue weighted by Gasteiger charge is 2.50. The van der Waals surface area contributed by atoms with Crippen molar-refractivity contribution in [2.24, 2.45) is 28.8 Å². The number of ether oxygens (including phenoxy) is 4. The van der Waals surface area contributed by atoms with Gasteiger partial charge in [-0.1, -0.05) is 45.9 Å². The summed E-state index contributed by atoms with van der Waals surface area (Å²) in [5.41, 5.74) is -0.791. The van der Waals surface area contributed by atoms with Gasteiger partial charge in [0.2, 0.25) is 0 Å². The number of benzene rings is 2. The molecule has 0 saturated carbocycles. The molecule has 17 nitrogen and oxygen atoms in total. The first-order valence-corrected chi connectivity index (χ1v) is 21.4. The summed E-state index contributed by atoms with van der Waals surface area (Å²) >= 11 is 0. The van der Waals surface area contributed by atoms with Gasteiger partial charge in [0.25, 0.3) is 11.7 Å². The van der Waals surface area contributed by atoms with E-state index in [0.29, 0.717) is 0 Å². The number of carbonyl (C=O) groups is 3. The molecule has 0 aromatic heterocycles. The summed E-state index contributed by atoms with van der Waals surface area (Å²) in [6, 6.07) is 0. The van der Waals surface area contributed by atoms with E-state index in [-0.39, 0.29) is 69.1 Å². The number of hydrazone groups is 1. The van der Waals surface area contributed by atoms with Gasteiger partial charge < -0.3 is 49.8 Å². The minimum Gasteiger partial charge on any atom is -0.507 e. The second kappa shape index (κ2) is 17.8. The summed E-state index contributed by atoms with van der Waals surface area (Å²) in [7, 11) is -1.87. The van der Waals surface area contributed by atoms with Gasteiger partial charge in [0, 0.05) is 61.2 Å². The molecule has 5 bridgehead atoms. The van der Waals surface area contributed by atoms with E-state index >= 15 is 0 Å². The number of esters is 1. The maximum absolute atomic E-state index is 14.4. The number of nitrogens with zero attached hydrogens (tertiary/aromatic N) is 2. The van der Waals surface area contributed by atoms with E-state index in [4.69, 9.17) is 18.9 Å². The summed E-state index contributed by atoms with van der Waals surface area (Å²) in [6.07, 6.45) is 4.36. The van der Waals surface area contributed by atoms with Crippen molar-refractivity contribution in [1.29, 1.82) is 0 Å². The summed E-state index contributed by atoms with van der Waals surface area (Å²) < 4.78 is 47.6. The maximum Gasteiger partial charge on any atom is 0.312 e. The number of allylic oxidation sites excluding steroid dienone is 2. The number of ketones is 1. The Bertz CT molecular complexity index is 2260. The Morgan fingerprint density at radius 1 is 0.967 bits per heavy atom. The van der Waals surface area contributed by atoms with E-state index < -0.39 is 98.6 Å². The molecule has 4 aliphatic rings. The number of aliphatic hydroxyl groups excluding tert-OH is 2. The van der Waals surface area contributed by atoms with Crippen LogP contribution in [0.5, 0.6) is 23.0 Å². The normalized spacial score (nSPS) is 32.2. The quantitative estimate of drug-likeness (QED) is 0.111. The number of Topliss-reactive ketones (excluding diaryl/α,β-unsaturated/α-hetero) is 1. The molecule has 0 radical (unpaired) electrons. The van der Waals surface area contributed by atoms with E-state index in [0.717, 1.165) is 12.5 Å². The number of carbonyl (C=O) groups excluding carboxylic acids is 3. The Balaban J connectivity index is 1.71. The summed E-state index contributed by atoms with van der Waals surface area (Å²) in [5.74, 6) is -9.35.